The number of anilines is 1. The number of carbonyl (C=O) groups is 2. The highest BCUT2D eigenvalue weighted by Crippen LogP contribution is 2.25. The number of urea groups is 1. The normalized spacial score (nSPS) is 21.4. The maximum absolute atomic E-state index is 12.4. The summed E-state index contributed by atoms with van der Waals surface area (Å²) in [6, 6.07) is 10.3. The number of hydrogen-bond acceptors (Lipinski definition) is 4. The van der Waals surface area contributed by atoms with Gasteiger partial charge in [-0.1, -0.05) is 18.2 Å². The Morgan fingerprint density at radius 2 is 1.62 bits per heavy atom. The standard InChI is InChI=1S/C20H30N4O2/c1-20(2)16-18(25)24(19(26)21(20)3)11-7-10-22-12-14-23(15-13-22)17-8-5-4-6-9-17/h4-6,8-9H,7,10-16H2,1-3H3. The van der Waals surface area contributed by atoms with E-state index in [2.05, 4.69) is 34.1 Å². The molecule has 3 rings (SSSR count). The van der Waals surface area contributed by atoms with Crippen molar-refractivity contribution < 1.29 is 9.59 Å². The van der Waals surface area contributed by atoms with Crippen molar-refractivity contribution in [3.8, 4) is 0 Å². The highest BCUT2D eigenvalue weighted by molar-refractivity contribution is 5.97. The van der Waals surface area contributed by atoms with E-state index in [4.69, 9.17) is 0 Å². The van der Waals surface area contributed by atoms with Crippen LogP contribution >= 0.6 is 0 Å². The van der Waals surface area contributed by atoms with Crippen LogP contribution in [-0.2, 0) is 4.79 Å². The minimum Gasteiger partial charge on any atom is -0.369 e. The van der Waals surface area contributed by atoms with Gasteiger partial charge < -0.3 is 9.80 Å². The number of rotatable bonds is 5. The number of hydrogen-bond donors (Lipinski definition) is 0. The van der Waals surface area contributed by atoms with Crippen molar-refractivity contribution in [2.24, 2.45) is 0 Å². The van der Waals surface area contributed by atoms with Gasteiger partial charge in [0, 0.05) is 51.0 Å². The van der Waals surface area contributed by atoms with Gasteiger partial charge in [-0.05, 0) is 38.9 Å². The van der Waals surface area contributed by atoms with E-state index >= 15 is 0 Å². The fourth-order valence-electron chi connectivity index (χ4n) is 3.67. The lowest BCUT2D eigenvalue weighted by atomic mass is 9.95. The van der Waals surface area contributed by atoms with E-state index in [9.17, 15) is 9.59 Å². The van der Waals surface area contributed by atoms with Gasteiger partial charge >= 0.3 is 6.03 Å². The molecule has 2 fully saturated rings. The van der Waals surface area contributed by atoms with Crippen molar-refractivity contribution in [1.29, 1.82) is 0 Å². The first-order chi connectivity index (χ1) is 12.4. The zero-order valence-corrected chi connectivity index (χ0v) is 16.1. The number of para-hydroxylation sites is 1. The Kier molecular flexibility index (Phi) is 5.51. The first kappa shape index (κ1) is 18.7. The molecule has 6 nitrogen and oxygen atoms in total. The predicted octanol–water partition coefficient (Wildman–Crippen LogP) is 2.26. The summed E-state index contributed by atoms with van der Waals surface area (Å²) in [6.45, 7) is 9.38. The lowest BCUT2D eigenvalue weighted by Gasteiger charge is -2.43. The quantitative estimate of drug-likeness (QED) is 0.810. The van der Waals surface area contributed by atoms with E-state index in [0.717, 1.165) is 39.1 Å². The summed E-state index contributed by atoms with van der Waals surface area (Å²) >= 11 is 0. The molecule has 6 heteroatoms. The van der Waals surface area contributed by atoms with Crippen molar-refractivity contribution >= 4 is 17.6 Å². The fourth-order valence-corrected chi connectivity index (χ4v) is 3.67. The van der Waals surface area contributed by atoms with Gasteiger partial charge in [0.15, 0.2) is 0 Å². The molecule has 0 bridgehead atoms. The van der Waals surface area contributed by atoms with Crippen LogP contribution in [0, 0.1) is 0 Å². The lowest BCUT2D eigenvalue weighted by Crippen LogP contribution is -2.60. The van der Waals surface area contributed by atoms with E-state index in [1.54, 1.807) is 11.9 Å². The minimum absolute atomic E-state index is 0.0491. The maximum atomic E-state index is 12.4. The Balaban J connectivity index is 1.43. The molecule has 0 saturated carbocycles. The molecule has 1 aromatic rings. The molecule has 3 amide bonds. The lowest BCUT2D eigenvalue weighted by molar-refractivity contribution is -0.134. The van der Waals surface area contributed by atoms with Gasteiger partial charge in [-0.25, -0.2) is 4.79 Å². The molecule has 0 atom stereocenters. The van der Waals surface area contributed by atoms with Crippen LogP contribution in [0.15, 0.2) is 30.3 Å². The van der Waals surface area contributed by atoms with Gasteiger partial charge in [0.1, 0.15) is 0 Å². The van der Waals surface area contributed by atoms with E-state index in [0.29, 0.717) is 13.0 Å². The molecule has 0 spiro atoms. The summed E-state index contributed by atoms with van der Waals surface area (Å²) in [5.41, 5.74) is 0.889. The maximum Gasteiger partial charge on any atom is 0.326 e. The molecule has 2 aliphatic heterocycles. The van der Waals surface area contributed by atoms with Crippen molar-refractivity contribution in [2.45, 2.75) is 32.2 Å². The third-order valence-corrected chi connectivity index (χ3v) is 5.66. The third-order valence-electron chi connectivity index (χ3n) is 5.66. The zero-order chi connectivity index (χ0) is 18.7. The monoisotopic (exact) mass is 358 g/mol. The SMILES string of the molecule is CN1C(=O)N(CCCN2CCN(c3ccccc3)CC2)C(=O)CC1(C)C. The Hall–Kier alpha value is -2.08. The predicted molar refractivity (Wildman–Crippen MR) is 103 cm³/mol. The molecule has 0 aromatic heterocycles. The Bertz CT molecular complexity index is 638. The fraction of sp³-hybridized carbons (Fsp3) is 0.600. The summed E-state index contributed by atoms with van der Waals surface area (Å²) < 4.78 is 0. The molecule has 1 aromatic carbocycles. The summed E-state index contributed by atoms with van der Waals surface area (Å²) in [5.74, 6) is -0.0491. The molecule has 2 heterocycles. The van der Waals surface area contributed by atoms with Crippen LogP contribution < -0.4 is 4.90 Å². The summed E-state index contributed by atoms with van der Waals surface area (Å²) in [7, 11) is 1.78. The number of piperazine rings is 1. The second kappa shape index (κ2) is 7.66. The van der Waals surface area contributed by atoms with E-state index < -0.39 is 5.54 Å². The second-order valence-corrected chi connectivity index (χ2v) is 7.89. The zero-order valence-electron chi connectivity index (χ0n) is 16.1. The number of nitrogens with zero attached hydrogens (tertiary/aromatic N) is 4. The molecule has 0 radical (unpaired) electrons. The van der Waals surface area contributed by atoms with Crippen LogP contribution in [0.25, 0.3) is 0 Å². The van der Waals surface area contributed by atoms with Crippen LogP contribution in [-0.4, -0.2) is 78.5 Å². The summed E-state index contributed by atoms with van der Waals surface area (Å²) in [4.78, 5) is 32.7. The van der Waals surface area contributed by atoms with Crippen LogP contribution in [0.1, 0.15) is 26.7 Å². The average Bonchev–Trinajstić information content (AvgIpc) is 2.64. The third kappa shape index (κ3) is 4.01. The molecule has 0 unspecified atom stereocenters. The number of carbonyl (C=O) groups excluding carboxylic acids is 2. The van der Waals surface area contributed by atoms with Crippen molar-refractivity contribution in [3.05, 3.63) is 30.3 Å². The van der Waals surface area contributed by atoms with Crippen molar-refractivity contribution in [2.75, 3.05) is 51.2 Å². The average molecular weight is 358 g/mol. The van der Waals surface area contributed by atoms with Gasteiger partial charge in [-0.2, -0.15) is 0 Å². The summed E-state index contributed by atoms with van der Waals surface area (Å²) in [5, 5.41) is 0. The number of imide groups is 1. The van der Waals surface area contributed by atoms with Crippen LogP contribution in [0.5, 0.6) is 0 Å². The molecule has 0 N–H and O–H groups in total. The molecular formula is C20H30N4O2. The van der Waals surface area contributed by atoms with Gasteiger partial charge in [0.05, 0.1) is 6.42 Å². The smallest absolute Gasteiger partial charge is 0.326 e. The number of amides is 3. The largest absolute Gasteiger partial charge is 0.369 e. The first-order valence-electron chi connectivity index (χ1n) is 9.49. The molecule has 142 valence electrons. The molecule has 2 aliphatic rings. The van der Waals surface area contributed by atoms with Crippen LogP contribution in [0.4, 0.5) is 10.5 Å². The van der Waals surface area contributed by atoms with Gasteiger partial charge in [0.25, 0.3) is 0 Å². The Labute approximate surface area is 156 Å². The van der Waals surface area contributed by atoms with Gasteiger partial charge in [-0.3, -0.25) is 14.6 Å². The molecule has 26 heavy (non-hydrogen) atoms. The minimum atomic E-state index is -0.390. The van der Waals surface area contributed by atoms with E-state index in [1.807, 2.05) is 19.9 Å². The Morgan fingerprint density at radius 1 is 0.962 bits per heavy atom. The van der Waals surface area contributed by atoms with Gasteiger partial charge in [-0.15, -0.1) is 0 Å². The topological polar surface area (TPSA) is 47.1 Å². The highest BCUT2D eigenvalue weighted by Gasteiger charge is 2.41. The van der Waals surface area contributed by atoms with E-state index in [-0.39, 0.29) is 11.9 Å². The van der Waals surface area contributed by atoms with Crippen molar-refractivity contribution in [1.82, 2.24) is 14.7 Å². The van der Waals surface area contributed by atoms with Crippen molar-refractivity contribution in [3.63, 3.8) is 0 Å². The first-order valence-corrected chi connectivity index (χ1v) is 9.49. The second-order valence-electron chi connectivity index (χ2n) is 7.89. The van der Waals surface area contributed by atoms with E-state index in [1.165, 1.54) is 10.6 Å². The Morgan fingerprint density at radius 3 is 2.27 bits per heavy atom. The van der Waals surface area contributed by atoms with Crippen LogP contribution in [0.3, 0.4) is 0 Å². The highest BCUT2D eigenvalue weighted by atomic mass is 16.2. The van der Waals surface area contributed by atoms with Gasteiger partial charge in [0.2, 0.25) is 5.91 Å². The summed E-state index contributed by atoms with van der Waals surface area (Å²) in [6.07, 6.45) is 1.22. The molecule has 2 saturated heterocycles. The van der Waals surface area contributed by atoms with Crippen LogP contribution in [0.2, 0.25) is 0 Å². The molecular weight excluding hydrogens is 328 g/mol. The molecule has 0 aliphatic carbocycles. The number of benzene rings is 1.